The van der Waals surface area contributed by atoms with Crippen LogP contribution in [0.15, 0.2) is 79.1 Å². The van der Waals surface area contributed by atoms with Crippen LogP contribution in [0.3, 0.4) is 0 Å². The van der Waals surface area contributed by atoms with Crippen LogP contribution >= 0.6 is 11.3 Å². The number of rotatable bonds is 0. The van der Waals surface area contributed by atoms with Crippen molar-refractivity contribution in [2.24, 2.45) is 0 Å². The Morgan fingerprint density at radius 3 is 2.32 bits per heavy atom. The lowest BCUT2D eigenvalue weighted by Crippen LogP contribution is -1.90. The molecule has 0 spiro atoms. The molecule has 0 saturated heterocycles. The first-order valence-corrected chi connectivity index (χ1v) is 10.1. The van der Waals surface area contributed by atoms with Crippen LogP contribution in [0.4, 0.5) is 0 Å². The van der Waals surface area contributed by atoms with Crippen LogP contribution in [0.1, 0.15) is 0 Å². The van der Waals surface area contributed by atoms with E-state index in [2.05, 4.69) is 87.4 Å². The first kappa shape index (κ1) is 14.5. The Labute approximate surface area is 163 Å². The van der Waals surface area contributed by atoms with E-state index in [9.17, 15) is 0 Å². The predicted molar refractivity (Wildman–Crippen MR) is 118 cm³/mol. The molecule has 0 saturated carbocycles. The van der Waals surface area contributed by atoms with E-state index < -0.39 is 0 Å². The summed E-state index contributed by atoms with van der Waals surface area (Å²) in [5.74, 6) is 0. The Morgan fingerprint density at radius 1 is 0.679 bits per heavy atom. The summed E-state index contributed by atoms with van der Waals surface area (Å²) >= 11 is 1.81. The molecule has 0 radical (unpaired) electrons. The summed E-state index contributed by atoms with van der Waals surface area (Å²) in [5.41, 5.74) is 2.11. The molecular weight excluding hydrogens is 362 g/mol. The summed E-state index contributed by atoms with van der Waals surface area (Å²) in [6.45, 7) is 0. The van der Waals surface area contributed by atoms with Gasteiger partial charge in [0.1, 0.15) is 6.33 Å². The number of hydrogen-bond acceptors (Lipinski definition) is 3. The Hall–Kier alpha value is -3.50. The van der Waals surface area contributed by atoms with Crippen molar-refractivity contribution in [3.63, 3.8) is 0 Å². The fourth-order valence-electron chi connectivity index (χ4n) is 4.55. The summed E-state index contributed by atoms with van der Waals surface area (Å²) in [5, 5.41) is 17.7. The third-order valence-corrected chi connectivity index (χ3v) is 6.89. The van der Waals surface area contributed by atoms with Gasteiger partial charge in [-0.1, -0.05) is 66.7 Å². The Kier molecular flexibility index (Phi) is 2.63. The van der Waals surface area contributed by atoms with Gasteiger partial charge in [-0.25, -0.2) is 0 Å². The van der Waals surface area contributed by atoms with Crippen LogP contribution in [0.5, 0.6) is 0 Å². The van der Waals surface area contributed by atoms with Crippen molar-refractivity contribution in [2.45, 2.75) is 0 Å². The zero-order chi connectivity index (χ0) is 18.2. The first-order valence-electron chi connectivity index (χ1n) is 9.27. The zero-order valence-electron chi connectivity index (χ0n) is 14.8. The highest BCUT2D eigenvalue weighted by molar-refractivity contribution is 7.26. The van der Waals surface area contributed by atoms with Gasteiger partial charge in [0.25, 0.3) is 0 Å². The lowest BCUT2D eigenvalue weighted by Gasteiger charge is -2.09. The van der Waals surface area contributed by atoms with E-state index in [0.717, 1.165) is 5.65 Å². The molecule has 0 aliphatic rings. The van der Waals surface area contributed by atoms with Crippen LogP contribution in [0.2, 0.25) is 0 Å². The second kappa shape index (κ2) is 5.06. The molecule has 0 aliphatic heterocycles. The maximum Gasteiger partial charge on any atom is 0.179 e. The van der Waals surface area contributed by atoms with Crippen LogP contribution < -0.4 is 0 Å². The highest BCUT2D eigenvalue weighted by atomic mass is 32.1. The monoisotopic (exact) mass is 375 g/mol. The van der Waals surface area contributed by atoms with Crippen LogP contribution in [-0.4, -0.2) is 14.6 Å². The summed E-state index contributed by atoms with van der Waals surface area (Å²) in [7, 11) is 0. The molecule has 7 aromatic rings. The van der Waals surface area contributed by atoms with Gasteiger partial charge < -0.3 is 0 Å². The minimum absolute atomic E-state index is 0.934. The number of nitrogens with zero attached hydrogens (tertiary/aromatic N) is 3. The van der Waals surface area contributed by atoms with Gasteiger partial charge in [0.2, 0.25) is 0 Å². The van der Waals surface area contributed by atoms with Crippen LogP contribution in [-0.2, 0) is 0 Å². The maximum absolute atomic E-state index is 4.50. The number of aromatic nitrogens is 3. The molecule has 0 N–H and O–H groups in total. The SMILES string of the molecule is c1ccc2c(c1)ccc1sc3c(c4ccc5ccccc5c4n4cnnc34)c12. The molecular formula is C24H13N3S. The highest BCUT2D eigenvalue weighted by Gasteiger charge is 2.18. The number of fused-ring (bicyclic) bond motifs is 12. The fourth-order valence-corrected chi connectivity index (χ4v) is 5.77. The standard InChI is InChI=1S/C24H13N3S/c1-3-7-16-14(5-1)10-12-19-20(16)21-18-11-9-15-6-2-4-8-17(15)22(18)27-13-25-26-24(27)23(21)28-19/h1-13H. The lowest BCUT2D eigenvalue weighted by molar-refractivity contribution is 1.11. The third kappa shape index (κ3) is 1.69. The molecule has 4 heteroatoms. The van der Waals surface area contributed by atoms with Gasteiger partial charge in [-0.15, -0.1) is 21.5 Å². The second-order valence-corrected chi connectivity index (χ2v) is 8.23. The largest absolute Gasteiger partial charge is 0.280 e. The van der Waals surface area contributed by atoms with Crippen molar-refractivity contribution in [3.05, 3.63) is 79.1 Å². The Balaban J connectivity index is 1.90. The molecule has 3 nitrogen and oxygen atoms in total. The first-order chi connectivity index (χ1) is 13.9. The minimum Gasteiger partial charge on any atom is -0.280 e. The molecule has 0 aliphatic carbocycles. The smallest absolute Gasteiger partial charge is 0.179 e. The summed E-state index contributed by atoms with van der Waals surface area (Å²) in [4.78, 5) is 0. The number of benzene rings is 4. The normalized spacial score (nSPS) is 12.3. The van der Waals surface area contributed by atoms with Crippen molar-refractivity contribution in [3.8, 4) is 0 Å². The summed E-state index contributed by atoms with van der Waals surface area (Å²) in [6, 6.07) is 26.1. The molecule has 3 aromatic heterocycles. The molecule has 7 rings (SSSR count). The minimum atomic E-state index is 0.934. The molecule has 0 fully saturated rings. The second-order valence-electron chi connectivity index (χ2n) is 7.17. The summed E-state index contributed by atoms with van der Waals surface area (Å²) < 4.78 is 4.64. The topological polar surface area (TPSA) is 30.2 Å². The van der Waals surface area contributed by atoms with Crippen molar-refractivity contribution in [1.82, 2.24) is 14.6 Å². The molecule has 0 amide bonds. The quantitative estimate of drug-likeness (QED) is 0.281. The number of hydrogen-bond donors (Lipinski definition) is 0. The Bertz CT molecular complexity index is 1720. The molecule has 3 heterocycles. The van der Waals surface area contributed by atoms with Gasteiger partial charge in [0.15, 0.2) is 5.65 Å². The Morgan fingerprint density at radius 2 is 1.43 bits per heavy atom. The van der Waals surface area contributed by atoms with Crippen molar-refractivity contribution >= 4 is 69.6 Å². The molecule has 4 aromatic carbocycles. The van der Waals surface area contributed by atoms with E-state index in [1.54, 1.807) is 0 Å². The van der Waals surface area contributed by atoms with Gasteiger partial charge in [0, 0.05) is 26.2 Å². The van der Waals surface area contributed by atoms with Crippen molar-refractivity contribution in [1.29, 1.82) is 0 Å². The van der Waals surface area contributed by atoms with Crippen molar-refractivity contribution < 1.29 is 0 Å². The average molecular weight is 375 g/mol. The third-order valence-electron chi connectivity index (χ3n) is 5.74. The van der Waals surface area contributed by atoms with Gasteiger partial charge in [0.05, 0.1) is 10.2 Å². The van der Waals surface area contributed by atoms with E-state index in [0.29, 0.717) is 0 Å². The molecule has 0 atom stereocenters. The maximum atomic E-state index is 4.50. The van der Waals surface area contributed by atoms with Gasteiger partial charge in [-0.3, -0.25) is 4.40 Å². The zero-order valence-corrected chi connectivity index (χ0v) is 15.6. The number of pyridine rings is 1. The van der Waals surface area contributed by atoms with Crippen LogP contribution in [0.25, 0.3) is 58.3 Å². The molecule has 0 unspecified atom stereocenters. The lowest BCUT2D eigenvalue weighted by atomic mass is 9.99. The summed E-state index contributed by atoms with van der Waals surface area (Å²) in [6.07, 6.45) is 1.84. The number of thiophene rings is 1. The van der Waals surface area contributed by atoms with E-state index in [1.807, 2.05) is 17.7 Å². The van der Waals surface area contributed by atoms with Gasteiger partial charge in [-0.2, -0.15) is 0 Å². The molecule has 28 heavy (non-hydrogen) atoms. The van der Waals surface area contributed by atoms with E-state index in [4.69, 9.17) is 0 Å². The van der Waals surface area contributed by atoms with Gasteiger partial charge >= 0.3 is 0 Å². The predicted octanol–water partition coefficient (Wildman–Crippen LogP) is 6.56. The van der Waals surface area contributed by atoms with E-state index in [-0.39, 0.29) is 0 Å². The van der Waals surface area contributed by atoms with Crippen molar-refractivity contribution in [2.75, 3.05) is 0 Å². The fraction of sp³-hybridized carbons (Fsp3) is 0. The van der Waals surface area contributed by atoms with E-state index in [1.165, 1.54) is 52.6 Å². The highest BCUT2D eigenvalue weighted by Crippen LogP contribution is 2.44. The molecule has 130 valence electrons. The van der Waals surface area contributed by atoms with Crippen LogP contribution in [0, 0.1) is 0 Å². The molecule has 0 bridgehead atoms. The van der Waals surface area contributed by atoms with E-state index >= 15 is 0 Å². The average Bonchev–Trinajstić information content (AvgIpc) is 3.38. The van der Waals surface area contributed by atoms with Gasteiger partial charge in [-0.05, 0) is 22.2 Å².